The molecule has 0 bridgehead atoms. The molecule has 2 aromatic carbocycles. The van der Waals surface area contributed by atoms with E-state index in [0.717, 1.165) is 24.1 Å². The quantitative estimate of drug-likeness (QED) is 0.652. The summed E-state index contributed by atoms with van der Waals surface area (Å²) in [6.07, 6.45) is -3.03. The molecule has 1 saturated heterocycles. The SMILES string of the molecule is O=C(c1ccc(C(F)(F)F)cc1)N1CCCC1c1nc(-c2ccccc2)no1. The van der Waals surface area contributed by atoms with Crippen LogP contribution in [-0.2, 0) is 6.18 Å². The number of benzene rings is 2. The third-order valence-corrected chi connectivity index (χ3v) is 4.73. The van der Waals surface area contributed by atoms with E-state index in [4.69, 9.17) is 4.52 Å². The maximum atomic E-state index is 12.8. The molecule has 0 N–H and O–H groups in total. The van der Waals surface area contributed by atoms with E-state index in [2.05, 4.69) is 10.1 Å². The molecule has 3 aromatic rings. The lowest BCUT2D eigenvalue weighted by atomic mass is 10.1. The van der Waals surface area contributed by atoms with Crippen LogP contribution in [0.5, 0.6) is 0 Å². The minimum absolute atomic E-state index is 0.197. The zero-order chi connectivity index (χ0) is 19.7. The Hall–Kier alpha value is -3.16. The van der Waals surface area contributed by atoms with Gasteiger partial charge in [-0.25, -0.2) is 0 Å². The van der Waals surface area contributed by atoms with E-state index in [0.29, 0.717) is 24.7 Å². The molecule has 2 heterocycles. The number of alkyl halides is 3. The number of halogens is 3. The van der Waals surface area contributed by atoms with Gasteiger partial charge in [0.15, 0.2) is 0 Å². The van der Waals surface area contributed by atoms with Crippen molar-refractivity contribution in [1.82, 2.24) is 15.0 Å². The van der Waals surface area contributed by atoms with Gasteiger partial charge in [0, 0.05) is 17.7 Å². The maximum Gasteiger partial charge on any atom is 0.416 e. The summed E-state index contributed by atoms with van der Waals surface area (Å²) in [6, 6.07) is 13.2. The number of nitrogens with zero attached hydrogens (tertiary/aromatic N) is 3. The minimum atomic E-state index is -4.44. The predicted octanol–water partition coefficient (Wildman–Crippen LogP) is 4.73. The Morgan fingerprint density at radius 1 is 1.07 bits per heavy atom. The Morgan fingerprint density at radius 2 is 1.79 bits per heavy atom. The van der Waals surface area contributed by atoms with E-state index in [1.54, 1.807) is 4.90 Å². The number of hydrogen-bond donors (Lipinski definition) is 0. The van der Waals surface area contributed by atoms with Gasteiger partial charge in [0.25, 0.3) is 5.91 Å². The Morgan fingerprint density at radius 3 is 2.46 bits per heavy atom. The third-order valence-electron chi connectivity index (χ3n) is 4.73. The lowest BCUT2D eigenvalue weighted by Crippen LogP contribution is -2.30. The molecule has 1 atom stereocenters. The van der Waals surface area contributed by atoms with Gasteiger partial charge in [-0.15, -0.1) is 0 Å². The van der Waals surface area contributed by atoms with Gasteiger partial charge in [-0.2, -0.15) is 18.2 Å². The summed E-state index contributed by atoms with van der Waals surface area (Å²) in [6.45, 7) is 0.480. The van der Waals surface area contributed by atoms with Gasteiger partial charge in [-0.3, -0.25) is 4.79 Å². The molecule has 1 aliphatic heterocycles. The van der Waals surface area contributed by atoms with Crippen LogP contribution in [-0.4, -0.2) is 27.5 Å². The first-order valence-corrected chi connectivity index (χ1v) is 8.81. The van der Waals surface area contributed by atoms with E-state index in [1.165, 1.54) is 12.1 Å². The van der Waals surface area contributed by atoms with Gasteiger partial charge in [0.1, 0.15) is 6.04 Å². The summed E-state index contributed by atoms with van der Waals surface area (Å²) in [4.78, 5) is 18.8. The van der Waals surface area contributed by atoms with Crippen molar-refractivity contribution in [2.24, 2.45) is 0 Å². The number of aromatic nitrogens is 2. The number of amides is 1. The topological polar surface area (TPSA) is 59.2 Å². The fourth-order valence-electron chi connectivity index (χ4n) is 3.31. The predicted molar refractivity (Wildman–Crippen MR) is 94.2 cm³/mol. The molecular formula is C20H16F3N3O2. The standard InChI is InChI=1S/C20H16F3N3O2/c21-20(22,23)15-10-8-14(9-11-15)19(27)26-12-4-7-16(26)18-24-17(25-28-18)13-5-2-1-3-6-13/h1-3,5-6,8-11,16H,4,7,12H2. The number of hydrogen-bond acceptors (Lipinski definition) is 4. The van der Waals surface area contributed by atoms with E-state index in [1.807, 2.05) is 30.3 Å². The lowest BCUT2D eigenvalue weighted by Gasteiger charge is -2.22. The molecule has 0 radical (unpaired) electrons. The highest BCUT2D eigenvalue weighted by molar-refractivity contribution is 5.94. The maximum absolute atomic E-state index is 12.8. The fourth-order valence-corrected chi connectivity index (χ4v) is 3.31. The van der Waals surface area contributed by atoms with Crippen LogP contribution < -0.4 is 0 Å². The Bertz CT molecular complexity index is 968. The molecule has 1 fully saturated rings. The van der Waals surface area contributed by atoms with E-state index in [-0.39, 0.29) is 17.5 Å². The van der Waals surface area contributed by atoms with Crippen LogP contribution in [0.1, 0.15) is 40.7 Å². The molecule has 1 unspecified atom stereocenters. The summed E-state index contributed by atoms with van der Waals surface area (Å²) in [5.41, 5.74) is 0.213. The van der Waals surface area contributed by atoms with Crippen LogP contribution in [0, 0.1) is 0 Å². The van der Waals surface area contributed by atoms with Crippen LogP contribution in [0.2, 0.25) is 0 Å². The van der Waals surface area contributed by atoms with Crippen molar-refractivity contribution in [1.29, 1.82) is 0 Å². The van der Waals surface area contributed by atoms with Crippen LogP contribution in [0.25, 0.3) is 11.4 Å². The summed E-state index contributed by atoms with van der Waals surface area (Å²) in [7, 11) is 0. The zero-order valence-corrected chi connectivity index (χ0v) is 14.7. The number of carbonyl (C=O) groups is 1. The fraction of sp³-hybridized carbons (Fsp3) is 0.250. The van der Waals surface area contributed by atoms with Crippen LogP contribution >= 0.6 is 0 Å². The van der Waals surface area contributed by atoms with E-state index >= 15 is 0 Å². The normalized spacial score (nSPS) is 17.1. The first-order chi connectivity index (χ1) is 13.4. The van der Waals surface area contributed by atoms with Crippen molar-refractivity contribution in [3.63, 3.8) is 0 Å². The molecule has 1 amide bonds. The van der Waals surface area contributed by atoms with Gasteiger partial charge in [0.2, 0.25) is 11.7 Å². The lowest BCUT2D eigenvalue weighted by molar-refractivity contribution is -0.137. The number of likely N-dealkylation sites (tertiary alicyclic amines) is 1. The Balaban J connectivity index is 1.55. The van der Waals surface area contributed by atoms with Crippen molar-refractivity contribution in [2.75, 3.05) is 6.54 Å². The summed E-state index contributed by atoms with van der Waals surface area (Å²) in [5.74, 6) is 0.414. The highest BCUT2D eigenvalue weighted by atomic mass is 19.4. The van der Waals surface area contributed by atoms with Crippen LogP contribution in [0.3, 0.4) is 0 Å². The summed E-state index contributed by atoms with van der Waals surface area (Å²) in [5, 5.41) is 3.99. The highest BCUT2D eigenvalue weighted by Gasteiger charge is 2.35. The van der Waals surface area contributed by atoms with Crippen molar-refractivity contribution >= 4 is 5.91 Å². The van der Waals surface area contributed by atoms with Gasteiger partial charge in [0.05, 0.1) is 5.56 Å². The van der Waals surface area contributed by atoms with Crippen molar-refractivity contribution in [3.05, 3.63) is 71.6 Å². The van der Waals surface area contributed by atoms with Crippen molar-refractivity contribution in [2.45, 2.75) is 25.1 Å². The highest BCUT2D eigenvalue weighted by Crippen LogP contribution is 2.34. The summed E-state index contributed by atoms with van der Waals surface area (Å²) < 4.78 is 43.6. The summed E-state index contributed by atoms with van der Waals surface area (Å²) >= 11 is 0. The molecule has 28 heavy (non-hydrogen) atoms. The second-order valence-electron chi connectivity index (χ2n) is 6.55. The van der Waals surface area contributed by atoms with Crippen LogP contribution in [0.15, 0.2) is 59.1 Å². The van der Waals surface area contributed by atoms with Gasteiger partial charge in [-0.05, 0) is 37.1 Å². The molecule has 1 aromatic heterocycles. The number of carbonyl (C=O) groups excluding carboxylic acids is 1. The molecule has 5 nitrogen and oxygen atoms in total. The molecule has 144 valence electrons. The van der Waals surface area contributed by atoms with E-state index < -0.39 is 11.7 Å². The van der Waals surface area contributed by atoms with Gasteiger partial charge >= 0.3 is 6.18 Å². The molecule has 0 saturated carbocycles. The average molecular weight is 387 g/mol. The first-order valence-electron chi connectivity index (χ1n) is 8.81. The van der Waals surface area contributed by atoms with Crippen molar-refractivity contribution in [3.8, 4) is 11.4 Å². The number of rotatable bonds is 3. The molecule has 1 aliphatic rings. The Kier molecular flexibility index (Phi) is 4.62. The molecule has 4 rings (SSSR count). The van der Waals surface area contributed by atoms with Gasteiger partial charge < -0.3 is 9.42 Å². The monoisotopic (exact) mass is 387 g/mol. The largest absolute Gasteiger partial charge is 0.416 e. The Labute approximate surface area is 158 Å². The molecule has 0 spiro atoms. The van der Waals surface area contributed by atoms with Crippen LogP contribution in [0.4, 0.5) is 13.2 Å². The molecular weight excluding hydrogens is 371 g/mol. The molecule has 0 aliphatic carbocycles. The smallest absolute Gasteiger partial charge is 0.337 e. The first kappa shape index (κ1) is 18.2. The average Bonchev–Trinajstić information content (AvgIpc) is 3.37. The zero-order valence-electron chi connectivity index (χ0n) is 14.7. The minimum Gasteiger partial charge on any atom is -0.337 e. The third kappa shape index (κ3) is 3.49. The second-order valence-corrected chi connectivity index (χ2v) is 6.55. The van der Waals surface area contributed by atoms with Crippen molar-refractivity contribution < 1.29 is 22.5 Å². The molecule has 8 heteroatoms. The van der Waals surface area contributed by atoms with E-state index in [9.17, 15) is 18.0 Å². The van der Waals surface area contributed by atoms with Gasteiger partial charge in [-0.1, -0.05) is 35.5 Å². The second kappa shape index (κ2) is 7.10.